The number of fused-ring (bicyclic) bond motifs is 1. The number of allylic oxidation sites excluding steroid dienone is 1. The first-order valence-corrected chi connectivity index (χ1v) is 8.16. The molecule has 2 aliphatic heterocycles. The second-order valence-corrected chi connectivity index (χ2v) is 6.28. The third kappa shape index (κ3) is 2.21. The summed E-state index contributed by atoms with van der Waals surface area (Å²) in [6.07, 6.45) is 2.49. The molecule has 2 aromatic rings. The van der Waals surface area contributed by atoms with Gasteiger partial charge in [0.25, 0.3) is 0 Å². The third-order valence-electron chi connectivity index (χ3n) is 4.83. The van der Waals surface area contributed by atoms with E-state index in [4.69, 9.17) is 10.5 Å². The summed E-state index contributed by atoms with van der Waals surface area (Å²) >= 11 is 0. The zero-order valence-electron chi connectivity index (χ0n) is 13.5. The molecular formula is C18H19N5O. The highest BCUT2D eigenvalue weighted by molar-refractivity contribution is 5.57. The predicted octanol–water partition coefficient (Wildman–Crippen LogP) is 2.54. The minimum absolute atomic E-state index is 0.130. The molecule has 0 saturated carbocycles. The second-order valence-electron chi connectivity index (χ2n) is 6.28. The highest BCUT2D eigenvalue weighted by Crippen LogP contribution is 2.42. The van der Waals surface area contributed by atoms with Crippen LogP contribution in [0.15, 0.2) is 35.7 Å². The number of hydrogen-bond acceptors (Lipinski definition) is 5. The van der Waals surface area contributed by atoms with Crippen LogP contribution >= 0.6 is 0 Å². The lowest BCUT2D eigenvalue weighted by molar-refractivity contribution is 0.379. The number of aryl methyl sites for hydroxylation is 1. The highest BCUT2D eigenvalue weighted by Gasteiger charge is 2.34. The monoisotopic (exact) mass is 321 g/mol. The van der Waals surface area contributed by atoms with Crippen molar-refractivity contribution in [1.82, 2.24) is 10.2 Å². The summed E-state index contributed by atoms with van der Waals surface area (Å²) in [5.41, 5.74) is 10.4. The van der Waals surface area contributed by atoms with Gasteiger partial charge in [0.1, 0.15) is 11.6 Å². The molecule has 1 unspecified atom stereocenters. The fourth-order valence-electron chi connectivity index (χ4n) is 3.58. The lowest BCUT2D eigenvalue weighted by Gasteiger charge is -2.24. The van der Waals surface area contributed by atoms with Gasteiger partial charge in [0.2, 0.25) is 11.8 Å². The molecule has 1 fully saturated rings. The van der Waals surface area contributed by atoms with Gasteiger partial charge in [-0.2, -0.15) is 5.26 Å². The van der Waals surface area contributed by atoms with E-state index in [1.165, 1.54) is 18.5 Å². The van der Waals surface area contributed by atoms with Crippen molar-refractivity contribution in [3.63, 3.8) is 0 Å². The van der Waals surface area contributed by atoms with Crippen molar-refractivity contribution in [2.24, 2.45) is 5.73 Å². The molecule has 122 valence electrons. The number of ether oxygens (including phenoxy) is 1. The quantitative estimate of drug-likeness (QED) is 0.887. The molecule has 0 radical (unpaired) electrons. The van der Waals surface area contributed by atoms with Gasteiger partial charge in [-0.15, -0.1) is 5.10 Å². The fourth-order valence-corrected chi connectivity index (χ4v) is 3.58. The Balaban J connectivity index is 1.76. The van der Waals surface area contributed by atoms with Crippen LogP contribution in [0.1, 0.15) is 35.6 Å². The number of hydrogen-bond donors (Lipinski definition) is 2. The van der Waals surface area contributed by atoms with Gasteiger partial charge in [0, 0.05) is 30.0 Å². The lowest BCUT2D eigenvalue weighted by Crippen LogP contribution is -2.21. The number of rotatable bonds is 2. The first-order valence-electron chi connectivity index (χ1n) is 8.16. The van der Waals surface area contributed by atoms with Gasteiger partial charge in [0.15, 0.2) is 0 Å². The first kappa shape index (κ1) is 14.6. The number of H-pyrrole nitrogens is 1. The van der Waals surface area contributed by atoms with Crippen molar-refractivity contribution < 1.29 is 4.74 Å². The van der Waals surface area contributed by atoms with E-state index < -0.39 is 0 Å². The number of nitrogens with zero attached hydrogens (tertiary/aromatic N) is 3. The maximum Gasteiger partial charge on any atom is 0.244 e. The number of aromatic amines is 1. The standard InChI is InChI=1S/C18H19N5O/c1-11-15-16(14(10-19)17(20)24-18(15)22-21-11)12-4-6-13(7-5-12)23-8-2-3-9-23/h4-7,16H,2-3,8-9,20H2,1H3,(H,21,22). The molecule has 6 heteroatoms. The van der Waals surface area contributed by atoms with Gasteiger partial charge < -0.3 is 15.4 Å². The molecule has 3 heterocycles. The van der Waals surface area contributed by atoms with Crippen molar-refractivity contribution in [3.05, 3.63) is 52.5 Å². The Morgan fingerprint density at radius 3 is 2.67 bits per heavy atom. The van der Waals surface area contributed by atoms with Gasteiger partial charge in [-0.25, -0.2) is 0 Å². The molecule has 1 aromatic carbocycles. The molecule has 0 spiro atoms. The van der Waals surface area contributed by atoms with Crippen LogP contribution in [0.3, 0.4) is 0 Å². The molecular weight excluding hydrogens is 302 g/mol. The molecule has 1 atom stereocenters. The van der Waals surface area contributed by atoms with Crippen LogP contribution in [0.25, 0.3) is 0 Å². The molecule has 6 nitrogen and oxygen atoms in total. The second kappa shape index (κ2) is 5.60. The number of aromatic nitrogens is 2. The SMILES string of the molecule is Cc1[nH]nc2c1C(c1ccc(N3CCCC3)cc1)C(C#N)=C(N)O2. The van der Waals surface area contributed by atoms with Crippen molar-refractivity contribution in [2.75, 3.05) is 18.0 Å². The average Bonchev–Trinajstić information content (AvgIpc) is 3.24. The Kier molecular flexibility index (Phi) is 3.42. The van der Waals surface area contributed by atoms with Gasteiger partial charge in [0.05, 0.1) is 5.92 Å². The third-order valence-corrected chi connectivity index (χ3v) is 4.83. The summed E-state index contributed by atoms with van der Waals surface area (Å²) in [5, 5.41) is 16.6. The Bertz CT molecular complexity index is 837. The van der Waals surface area contributed by atoms with E-state index in [2.05, 4.69) is 45.4 Å². The Hall–Kier alpha value is -2.94. The van der Waals surface area contributed by atoms with E-state index in [0.29, 0.717) is 11.5 Å². The largest absolute Gasteiger partial charge is 0.420 e. The predicted molar refractivity (Wildman–Crippen MR) is 90.5 cm³/mol. The fraction of sp³-hybridized carbons (Fsp3) is 0.333. The summed E-state index contributed by atoms with van der Waals surface area (Å²) in [5.74, 6) is 0.341. The molecule has 2 aliphatic rings. The normalized spacial score (nSPS) is 19.8. The lowest BCUT2D eigenvalue weighted by atomic mass is 9.84. The topological polar surface area (TPSA) is 91.0 Å². The number of benzene rings is 1. The van der Waals surface area contributed by atoms with E-state index in [1.54, 1.807) is 0 Å². The molecule has 0 bridgehead atoms. The zero-order valence-corrected chi connectivity index (χ0v) is 13.5. The molecule has 3 N–H and O–H groups in total. The molecule has 0 amide bonds. The number of anilines is 1. The van der Waals surface area contributed by atoms with Gasteiger partial charge >= 0.3 is 0 Å². The minimum Gasteiger partial charge on any atom is -0.420 e. The molecule has 24 heavy (non-hydrogen) atoms. The van der Waals surface area contributed by atoms with Crippen molar-refractivity contribution in [2.45, 2.75) is 25.7 Å². The molecule has 1 saturated heterocycles. The van der Waals surface area contributed by atoms with Crippen molar-refractivity contribution >= 4 is 5.69 Å². The van der Waals surface area contributed by atoms with E-state index in [-0.39, 0.29) is 11.8 Å². The number of nitrogens with one attached hydrogen (secondary N) is 1. The van der Waals surface area contributed by atoms with Gasteiger partial charge in [-0.05, 0) is 37.5 Å². The molecule has 1 aromatic heterocycles. The maximum atomic E-state index is 9.57. The van der Waals surface area contributed by atoms with Crippen LogP contribution in [0, 0.1) is 18.3 Å². The first-order chi connectivity index (χ1) is 11.7. The summed E-state index contributed by atoms with van der Waals surface area (Å²) in [6.45, 7) is 4.15. The van der Waals surface area contributed by atoms with Crippen molar-refractivity contribution in [1.29, 1.82) is 5.26 Å². The van der Waals surface area contributed by atoms with Crippen LogP contribution in [0.2, 0.25) is 0 Å². The van der Waals surface area contributed by atoms with E-state index in [9.17, 15) is 5.26 Å². The van der Waals surface area contributed by atoms with Gasteiger partial charge in [-0.1, -0.05) is 12.1 Å². The van der Waals surface area contributed by atoms with Crippen LogP contribution < -0.4 is 15.4 Å². The maximum absolute atomic E-state index is 9.57. The smallest absolute Gasteiger partial charge is 0.244 e. The molecule has 0 aliphatic carbocycles. The zero-order chi connectivity index (χ0) is 16.7. The van der Waals surface area contributed by atoms with E-state index >= 15 is 0 Å². The summed E-state index contributed by atoms with van der Waals surface area (Å²) < 4.78 is 5.50. The minimum atomic E-state index is -0.245. The van der Waals surface area contributed by atoms with E-state index in [0.717, 1.165) is 29.9 Å². The Labute approximate surface area is 140 Å². The Morgan fingerprint density at radius 2 is 2.00 bits per heavy atom. The van der Waals surface area contributed by atoms with Crippen LogP contribution in [0.5, 0.6) is 5.88 Å². The highest BCUT2D eigenvalue weighted by atomic mass is 16.5. The van der Waals surface area contributed by atoms with Crippen molar-refractivity contribution in [3.8, 4) is 11.9 Å². The van der Waals surface area contributed by atoms with Crippen LogP contribution in [-0.4, -0.2) is 23.3 Å². The van der Waals surface area contributed by atoms with Crippen LogP contribution in [0.4, 0.5) is 5.69 Å². The summed E-state index contributed by atoms with van der Waals surface area (Å²) in [7, 11) is 0. The average molecular weight is 321 g/mol. The van der Waals surface area contributed by atoms with Crippen LogP contribution in [-0.2, 0) is 0 Å². The summed E-state index contributed by atoms with van der Waals surface area (Å²) in [4.78, 5) is 2.39. The number of nitriles is 1. The number of nitrogens with two attached hydrogens (primary N) is 1. The summed E-state index contributed by atoms with van der Waals surface area (Å²) in [6, 6.07) is 10.6. The van der Waals surface area contributed by atoms with E-state index in [1.807, 2.05) is 6.92 Å². The molecule has 4 rings (SSSR count). The Morgan fingerprint density at radius 1 is 1.29 bits per heavy atom. The van der Waals surface area contributed by atoms with Gasteiger partial charge in [-0.3, -0.25) is 5.10 Å².